The van der Waals surface area contributed by atoms with E-state index >= 15 is 0 Å². The van der Waals surface area contributed by atoms with Crippen LogP contribution in [0.1, 0.15) is 23.9 Å². The smallest absolute Gasteiger partial charge is 0.0632 e. The van der Waals surface area contributed by atoms with Crippen molar-refractivity contribution in [1.29, 1.82) is 0 Å². The largest absolute Gasteiger partial charge is 0.156 e. The Morgan fingerprint density at radius 2 is 2.08 bits per heavy atom. The van der Waals surface area contributed by atoms with Crippen LogP contribution in [0.5, 0.6) is 0 Å². The minimum Gasteiger partial charge on any atom is -0.156 e. The van der Waals surface area contributed by atoms with Crippen molar-refractivity contribution in [2.75, 3.05) is 5.88 Å². The lowest BCUT2D eigenvalue weighted by Gasteiger charge is -2.09. The molecule has 1 aromatic rings. The van der Waals surface area contributed by atoms with E-state index in [0.29, 0.717) is 11.8 Å². The molecule has 0 aliphatic rings. The number of aromatic nitrogens is 2. The Kier molecular flexibility index (Phi) is 3.67. The van der Waals surface area contributed by atoms with Crippen molar-refractivity contribution in [3.8, 4) is 0 Å². The van der Waals surface area contributed by atoms with Crippen molar-refractivity contribution in [1.82, 2.24) is 10.2 Å². The monoisotopic (exact) mass is 198 g/mol. The van der Waals surface area contributed by atoms with E-state index in [0.717, 1.165) is 17.8 Å². The Labute approximate surface area is 84.3 Å². The van der Waals surface area contributed by atoms with Crippen LogP contribution >= 0.6 is 11.6 Å². The first-order valence-corrected chi connectivity index (χ1v) is 5.02. The highest BCUT2D eigenvalue weighted by atomic mass is 35.5. The Morgan fingerprint density at radius 1 is 1.38 bits per heavy atom. The zero-order valence-electron chi connectivity index (χ0n) is 8.34. The summed E-state index contributed by atoms with van der Waals surface area (Å²) in [7, 11) is 0. The van der Waals surface area contributed by atoms with Crippen LogP contribution in [0.15, 0.2) is 6.07 Å². The summed E-state index contributed by atoms with van der Waals surface area (Å²) in [5.41, 5.74) is 3.26. The molecule has 0 aliphatic carbocycles. The fourth-order valence-corrected chi connectivity index (χ4v) is 1.35. The highest BCUT2D eigenvalue weighted by Crippen LogP contribution is 2.12. The number of alkyl halides is 1. The van der Waals surface area contributed by atoms with Gasteiger partial charge in [0.15, 0.2) is 0 Å². The highest BCUT2D eigenvalue weighted by molar-refractivity contribution is 6.18. The number of aryl methyl sites for hydroxylation is 2. The molecule has 3 heteroatoms. The molecule has 0 aliphatic heterocycles. The molecule has 0 amide bonds. The Bertz CT molecular complexity index is 286. The third-order valence-corrected chi connectivity index (χ3v) is 2.56. The van der Waals surface area contributed by atoms with Crippen molar-refractivity contribution in [3.63, 3.8) is 0 Å². The summed E-state index contributed by atoms with van der Waals surface area (Å²) in [5, 5.41) is 8.06. The van der Waals surface area contributed by atoms with Gasteiger partial charge in [0.05, 0.1) is 11.4 Å². The van der Waals surface area contributed by atoms with Crippen LogP contribution in [-0.2, 0) is 6.42 Å². The van der Waals surface area contributed by atoms with E-state index in [4.69, 9.17) is 11.6 Å². The van der Waals surface area contributed by atoms with E-state index in [1.54, 1.807) is 0 Å². The Hall–Kier alpha value is -0.630. The van der Waals surface area contributed by atoms with E-state index in [-0.39, 0.29) is 0 Å². The SMILES string of the molecule is Cc1cc(CC(C)CCl)c(C)nn1. The van der Waals surface area contributed by atoms with E-state index in [2.05, 4.69) is 23.2 Å². The van der Waals surface area contributed by atoms with Gasteiger partial charge in [-0.2, -0.15) is 10.2 Å². The molecule has 2 nitrogen and oxygen atoms in total. The predicted octanol–water partition coefficient (Wildman–Crippen LogP) is 2.51. The van der Waals surface area contributed by atoms with Crippen molar-refractivity contribution in [3.05, 3.63) is 23.0 Å². The summed E-state index contributed by atoms with van der Waals surface area (Å²) in [6.45, 7) is 6.09. The molecule has 72 valence electrons. The van der Waals surface area contributed by atoms with Crippen molar-refractivity contribution in [2.45, 2.75) is 27.2 Å². The van der Waals surface area contributed by atoms with E-state index < -0.39 is 0 Å². The maximum Gasteiger partial charge on any atom is 0.0632 e. The van der Waals surface area contributed by atoms with E-state index in [1.165, 1.54) is 5.56 Å². The molecule has 0 spiro atoms. The van der Waals surface area contributed by atoms with Gasteiger partial charge in [-0.1, -0.05) is 6.92 Å². The fraction of sp³-hybridized carbons (Fsp3) is 0.600. The molecule has 1 heterocycles. The molecule has 1 rings (SSSR count). The lowest BCUT2D eigenvalue weighted by molar-refractivity contribution is 0.646. The van der Waals surface area contributed by atoms with Gasteiger partial charge in [0.1, 0.15) is 0 Å². The zero-order chi connectivity index (χ0) is 9.84. The van der Waals surface area contributed by atoms with Crippen LogP contribution in [0.25, 0.3) is 0 Å². The highest BCUT2D eigenvalue weighted by Gasteiger charge is 2.06. The third-order valence-electron chi connectivity index (χ3n) is 2.04. The predicted molar refractivity (Wildman–Crippen MR) is 55.1 cm³/mol. The molecule has 1 aromatic heterocycles. The summed E-state index contributed by atoms with van der Waals surface area (Å²) < 4.78 is 0. The maximum atomic E-state index is 5.76. The first-order chi connectivity index (χ1) is 6.13. The molecule has 0 saturated heterocycles. The molecule has 0 aromatic carbocycles. The van der Waals surface area contributed by atoms with Gasteiger partial charge in [0, 0.05) is 5.88 Å². The summed E-state index contributed by atoms with van der Waals surface area (Å²) in [6.07, 6.45) is 0.992. The number of hydrogen-bond donors (Lipinski definition) is 0. The summed E-state index contributed by atoms with van der Waals surface area (Å²) in [4.78, 5) is 0. The fourth-order valence-electron chi connectivity index (χ4n) is 1.24. The average molecular weight is 199 g/mol. The van der Waals surface area contributed by atoms with E-state index in [1.807, 2.05) is 13.8 Å². The van der Waals surface area contributed by atoms with Gasteiger partial charge in [0.2, 0.25) is 0 Å². The van der Waals surface area contributed by atoms with Crippen molar-refractivity contribution < 1.29 is 0 Å². The van der Waals surface area contributed by atoms with Gasteiger partial charge in [-0.3, -0.25) is 0 Å². The maximum absolute atomic E-state index is 5.76. The quantitative estimate of drug-likeness (QED) is 0.698. The van der Waals surface area contributed by atoms with Crippen LogP contribution in [0.2, 0.25) is 0 Å². The standard InChI is InChI=1S/C10H15ClN2/c1-7(6-11)4-10-5-8(2)12-13-9(10)3/h5,7H,4,6H2,1-3H3. The molecular formula is C10H15ClN2. The van der Waals surface area contributed by atoms with Crippen LogP contribution in [0, 0.1) is 19.8 Å². The summed E-state index contributed by atoms with van der Waals surface area (Å²) in [5.74, 6) is 1.20. The lowest BCUT2D eigenvalue weighted by Crippen LogP contribution is -2.05. The molecule has 0 radical (unpaired) electrons. The number of hydrogen-bond acceptors (Lipinski definition) is 2. The second kappa shape index (κ2) is 4.56. The number of nitrogens with zero attached hydrogens (tertiary/aromatic N) is 2. The van der Waals surface area contributed by atoms with Gasteiger partial charge in [-0.15, -0.1) is 11.6 Å². The average Bonchev–Trinajstić information content (AvgIpc) is 2.11. The molecule has 0 N–H and O–H groups in total. The van der Waals surface area contributed by atoms with Crippen molar-refractivity contribution in [2.24, 2.45) is 5.92 Å². The summed E-state index contributed by atoms with van der Waals surface area (Å²) >= 11 is 5.76. The van der Waals surface area contributed by atoms with Crippen LogP contribution < -0.4 is 0 Å². The second-order valence-electron chi connectivity index (χ2n) is 3.56. The first-order valence-electron chi connectivity index (χ1n) is 4.49. The molecular weight excluding hydrogens is 184 g/mol. The minimum absolute atomic E-state index is 0.504. The molecule has 0 fully saturated rings. The molecule has 1 unspecified atom stereocenters. The van der Waals surface area contributed by atoms with Crippen LogP contribution in [0.4, 0.5) is 0 Å². The molecule has 1 atom stereocenters. The summed E-state index contributed by atoms with van der Waals surface area (Å²) in [6, 6.07) is 2.09. The Balaban J connectivity index is 2.81. The van der Waals surface area contributed by atoms with Gasteiger partial charge in [0.25, 0.3) is 0 Å². The topological polar surface area (TPSA) is 25.8 Å². The zero-order valence-corrected chi connectivity index (χ0v) is 9.10. The molecule has 0 saturated carbocycles. The number of halogens is 1. The molecule has 0 bridgehead atoms. The number of rotatable bonds is 3. The molecule has 13 heavy (non-hydrogen) atoms. The van der Waals surface area contributed by atoms with Gasteiger partial charge < -0.3 is 0 Å². The van der Waals surface area contributed by atoms with Crippen LogP contribution in [0.3, 0.4) is 0 Å². The first kappa shape index (κ1) is 10.5. The minimum atomic E-state index is 0.504. The van der Waals surface area contributed by atoms with Gasteiger partial charge in [-0.25, -0.2) is 0 Å². The lowest BCUT2D eigenvalue weighted by atomic mass is 10.0. The van der Waals surface area contributed by atoms with Gasteiger partial charge >= 0.3 is 0 Å². The second-order valence-corrected chi connectivity index (χ2v) is 3.87. The van der Waals surface area contributed by atoms with Crippen LogP contribution in [-0.4, -0.2) is 16.1 Å². The van der Waals surface area contributed by atoms with E-state index in [9.17, 15) is 0 Å². The van der Waals surface area contributed by atoms with Gasteiger partial charge in [-0.05, 0) is 37.8 Å². The third kappa shape index (κ3) is 2.96. The normalized spacial score (nSPS) is 12.9. The van der Waals surface area contributed by atoms with Crippen molar-refractivity contribution >= 4 is 11.6 Å². The Morgan fingerprint density at radius 3 is 2.69 bits per heavy atom.